The Morgan fingerprint density at radius 2 is 1.93 bits per heavy atom. The molecule has 0 aliphatic carbocycles. The Morgan fingerprint density at radius 3 is 2.70 bits per heavy atom. The van der Waals surface area contributed by atoms with Crippen LogP contribution >= 0.6 is 11.8 Å². The van der Waals surface area contributed by atoms with Crippen LogP contribution < -0.4 is 5.32 Å². The van der Waals surface area contributed by atoms with E-state index in [9.17, 15) is 14.0 Å². The van der Waals surface area contributed by atoms with Crippen LogP contribution in [0.1, 0.15) is 25.8 Å². The van der Waals surface area contributed by atoms with Crippen LogP contribution in [0.4, 0.5) is 15.8 Å². The lowest BCUT2D eigenvalue weighted by Gasteiger charge is -2.25. The monoisotopic (exact) mass is 424 g/mol. The highest BCUT2D eigenvalue weighted by atomic mass is 32.2. The van der Waals surface area contributed by atoms with Gasteiger partial charge in [0.2, 0.25) is 5.91 Å². The minimum atomic E-state index is -0.500. The van der Waals surface area contributed by atoms with Gasteiger partial charge in [0.25, 0.3) is 5.91 Å². The van der Waals surface area contributed by atoms with Gasteiger partial charge in [0.15, 0.2) is 5.17 Å². The third-order valence-electron chi connectivity index (χ3n) is 4.72. The summed E-state index contributed by atoms with van der Waals surface area (Å²) in [5.74, 6) is -0.126. The van der Waals surface area contributed by atoms with Crippen molar-refractivity contribution in [3.8, 4) is 0 Å². The van der Waals surface area contributed by atoms with E-state index in [2.05, 4.69) is 29.1 Å². The van der Waals surface area contributed by atoms with Crippen LogP contribution in [0.5, 0.6) is 0 Å². The molecule has 0 aromatic heterocycles. The Morgan fingerprint density at radius 1 is 1.20 bits per heavy atom. The lowest BCUT2D eigenvalue weighted by molar-refractivity contribution is -0.125. The molecule has 0 saturated heterocycles. The quantitative estimate of drug-likeness (QED) is 0.782. The number of carbonyl (C=O) groups excluding carboxylic acids is 2. The van der Waals surface area contributed by atoms with E-state index in [1.165, 1.54) is 17.0 Å². The van der Waals surface area contributed by atoms with Gasteiger partial charge in [0.1, 0.15) is 17.7 Å². The summed E-state index contributed by atoms with van der Waals surface area (Å²) < 4.78 is 13.8. The molecule has 154 valence electrons. The van der Waals surface area contributed by atoms with E-state index in [0.29, 0.717) is 29.0 Å². The third-order valence-corrected chi connectivity index (χ3v) is 5.66. The van der Waals surface area contributed by atoms with E-state index in [-0.39, 0.29) is 23.3 Å². The summed E-state index contributed by atoms with van der Waals surface area (Å²) in [5.41, 5.74) is 1.63. The molecule has 0 unspecified atom stereocenters. The molecular formula is C22H21FN4O2S. The normalized spacial score (nSPS) is 17.4. The zero-order valence-corrected chi connectivity index (χ0v) is 17.4. The van der Waals surface area contributed by atoms with Gasteiger partial charge in [0, 0.05) is 5.56 Å². The SMILES string of the molecule is CC(C)C[C@H]1N=C2c3ccccc3N=C(SCC(=O)Nc3ccccc3F)N2C1=O. The second-order valence-electron chi connectivity index (χ2n) is 7.50. The highest BCUT2D eigenvalue weighted by Crippen LogP contribution is 2.34. The first-order chi connectivity index (χ1) is 14.4. The van der Waals surface area contributed by atoms with Gasteiger partial charge in [-0.2, -0.15) is 0 Å². The topological polar surface area (TPSA) is 74.1 Å². The average molecular weight is 425 g/mol. The van der Waals surface area contributed by atoms with E-state index in [1.54, 1.807) is 12.1 Å². The molecular weight excluding hydrogens is 403 g/mol. The Bertz CT molecular complexity index is 1070. The highest BCUT2D eigenvalue weighted by Gasteiger charge is 2.41. The van der Waals surface area contributed by atoms with E-state index in [4.69, 9.17) is 0 Å². The van der Waals surface area contributed by atoms with Crippen LogP contribution in [0.15, 0.2) is 58.5 Å². The summed E-state index contributed by atoms with van der Waals surface area (Å²) in [6.07, 6.45) is 0.646. The van der Waals surface area contributed by atoms with Crippen molar-refractivity contribution < 1.29 is 14.0 Å². The summed E-state index contributed by atoms with van der Waals surface area (Å²) in [6.45, 7) is 4.10. The maximum absolute atomic E-state index is 13.8. The second-order valence-corrected chi connectivity index (χ2v) is 8.44. The van der Waals surface area contributed by atoms with Crippen molar-refractivity contribution in [1.29, 1.82) is 0 Å². The predicted molar refractivity (Wildman–Crippen MR) is 118 cm³/mol. The summed E-state index contributed by atoms with van der Waals surface area (Å²) in [6, 6.07) is 13.0. The molecule has 2 aliphatic heterocycles. The third kappa shape index (κ3) is 4.00. The smallest absolute Gasteiger partial charge is 0.259 e. The second kappa shape index (κ2) is 8.39. The van der Waals surface area contributed by atoms with Crippen LogP contribution in [0.2, 0.25) is 0 Å². The number of amides is 2. The first kappa shape index (κ1) is 20.3. The molecule has 30 heavy (non-hydrogen) atoms. The van der Waals surface area contributed by atoms with Crippen molar-refractivity contribution in [2.45, 2.75) is 26.3 Å². The maximum atomic E-state index is 13.8. The maximum Gasteiger partial charge on any atom is 0.259 e. The highest BCUT2D eigenvalue weighted by molar-refractivity contribution is 8.14. The fourth-order valence-electron chi connectivity index (χ4n) is 3.38. The minimum absolute atomic E-state index is 0.0127. The van der Waals surface area contributed by atoms with Crippen LogP contribution in [0.25, 0.3) is 0 Å². The Balaban J connectivity index is 1.55. The summed E-state index contributed by atoms with van der Waals surface area (Å²) in [4.78, 5) is 36.2. The number of thioether (sulfide) groups is 1. The van der Waals surface area contributed by atoms with E-state index >= 15 is 0 Å². The minimum Gasteiger partial charge on any atom is -0.323 e. The van der Waals surface area contributed by atoms with Gasteiger partial charge >= 0.3 is 0 Å². The standard InChI is InChI=1S/C22H21FN4O2S/c1-13(2)11-18-21(29)27-20(25-18)14-7-3-5-9-16(14)26-22(27)30-12-19(28)24-17-10-6-4-8-15(17)23/h3-10,13,18H,11-12H2,1-2H3,(H,24,28)/t18-/m1/s1. The van der Waals surface area contributed by atoms with Crippen LogP contribution in [-0.4, -0.2) is 39.5 Å². The van der Waals surface area contributed by atoms with Crippen molar-refractivity contribution in [1.82, 2.24) is 4.90 Å². The van der Waals surface area contributed by atoms with Gasteiger partial charge < -0.3 is 5.32 Å². The molecule has 0 spiro atoms. The van der Waals surface area contributed by atoms with Crippen molar-refractivity contribution in [3.05, 3.63) is 59.9 Å². The molecule has 8 heteroatoms. The summed E-state index contributed by atoms with van der Waals surface area (Å²) in [5, 5.41) is 2.96. The number of para-hydroxylation sites is 2. The average Bonchev–Trinajstić information content (AvgIpc) is 3.04. The van der Waals surface area contributed by atoms with Gasteiger partial charge in [-0.3, -0.25) is 14.6 Å². The van der Waals surface area contributed by atoms with Crippen molar-refractivity contribution >= 4 is 46.0 Å². The van der Waals surface area contributed by atoms with Gasteiger partial charge in [0.05, 0.1) is 17.1 Å². The largest absolute Gasteiger partial charge is 0.323 e. The molecule has 1 atom stereocenters. The predicted octanol–water partition coefficient (Wildman–Crippen LogP) is 4.20. The molecule has 0 saturated carbocycles. The van der Waals surface area contributed by atoms with E-state index < -0.39 is 11.9 Å². The number of anilines is 1. The number of hydrogen-bond acceptors (Lipinski definition) is 5. The van der Waals surface area contributed by atoms with Gasteiger partial charge in [-0.1, -0.05) is 49.9 Å². The van der Waals surface area contributed by atoms with Crippen LogP contribution in [0, 0.1) is 11.7 Å². The molecule has 0 fully saturated rings. The molecule has 4 rings (SSSR count). The molecule has 0 radical (unpaired) electrons. The van der Waals surface area contributed by atoms with E-state index in [0.717, 1.165) is 17.3 Å². The zero-order valence-electron chi connectivity index (χ0n) is 16.6. The molecule has 2 aromatic rings. The number of carbonyl (C=O) groups is 2. The Kier molecular flexibility index (Phi) is 5.67. The number of amidine groups is 2. The van der Waals surface area contributed by atoms with Crippen molar-refractivity contribution in [3.63, 3.8) is 0 Å². The number of aliphatic imine (C=N–C) groups is 2. The van der Waals surface area contributed by atoms with E-state index in [1.807, 2.05) is 24.3 Å². The van der Waals surface area contributed by atoms with Gasteiger partial charge in [-0.15, -0.1) is 0 Å². The molecule has 0 bridgehead atoms. The molecule has 2 aliphatic rings. The summed E-state index contributed by atoms with van der Waals surface area (Å²) >= 11 is 1.14. The van der Waals surface area contributed by atoms with Crippen molar-refractivity contribution in [2.75, 3.05) is 11.1 Å². The number of benzene rings is 2. The van der Waals surface area contributed by atoms with Gasteiger partial charge in [-0.25, -0.2) is 14.3 Å². The summed E-state index contributed by atoms with van der Waals surface area (Å²) in [7, 11) is 0. The molecule has 1 N–H and O–H groups in total. The number of hydrogen-bond donors (Lipinski definition) is 1. The lowest BCUT2D eigenvalue weighted by atomic mass is 10.0. The fourth-order valence-corrected chi connectivity index (χ4v) is 4.18. The first-order valence-corrected chi connectivity index (χ1v) is 10.7. The van der Waals surface area contributed by atoms with Gasteiger partial charge in [-0.05, 0) is 36.6 Å². The molecule has 2 amide bonds. The number of nitrogens with one attached hydrogen (secondary N) is 1. The van der Waals surface area contributed by atoms with Crippen LogP contribution in [-0.2, 0) is 9.59 Å². The lowest BCUT2D eigenvalue weighted by Crippen LogP contribution is -2.41. The molecule has 2 aromatic carbocycles. The zero-order chi connectivity index (χ0) is 21.3. The first-order valence-electron chi connectivity index (χ1n) is 9.71. The van der Waals surface area contributed by atoms with Crippen LogP contribution in [0.3, 0.4) is 0 Å². The van der Waals surface area contributed by atoms with Crippen molar-refractivity contribution in [2.24, 2.45) is 15.9 Å². The molecule has 2 heterocycles. The Hall–Kier alpha value is -3.00. The number of halogens is 1. The fraction of sp³-hybridized carbons (Fsp3) is 0.273. The number of fused-ring (bicyclic) bond motifs is 3. The number of rotatable bonds is 5. The number of nitrogens with zero attached hydrogens (tertiary/aromatic N) is 3. The Labute approximate surface area is 178 Å². The molecule has 6 nitrogen and oxygen atoms in total.